The minimum Gasteiger partial charge on any atom is -0.493 e. The van der Waals surface area contributed by atoms with Crippen LogP contribution in [0.5, 0.6) is 34.5 Å². The highest BCUT2D eigenvalue weighted by Gasteiger charge is 2.43. The van der Waals surface area contributed by atoms with Crippen LogP contribution in [0.15, 0.2) is 133 Å². The molecule has 250 valence electrons. The molecule has 8 nitrogen and oxygen atoms in total. The average molecular weight is 703 g/mol. The summed E-state index contributed by atoms with van der Waals surface area (Å²) < 4.78 is 68.4. The molecule has 0 spiro atoms. The monoisotopic (exact) mass is 702 g/mol. The van der Waals surface area contributed by atoms with Gasteiger partial charge in [0.1, 0.15) is 0 Å². The largest absolute Gasteiger partial charge is 0.493 e. The molecule has 8 rings (SSSR count). The van der Waals surface area contributed by atoms with Gasteiger partial charge in [0.2, 0.25) is 25.1 Å². The summed E-state index contributed by atoms with van der Waals surface area (Å²) in [6.07, 6.45) is 0. The van der Waals surface area contributed by atoms with Crippen LogP contribution in [-0.2, 0) is 9.13 Å². The maximum Gasteiger partial charge on any atom is 0.231 e. The van der Waals surface area contributed by atoms with Crippen LogP contribution in [0.4, 0.5) is 0 Å². The van der Waals surface area contributed by atoms with Crippen LogP contribution in [0.3, 0.4) is 0 Å². The van der Waals surface area contributed by atoms with E-state index >= 15 is 9.13 Å². The number of ether oxygens (including phenoxy) is 6. The average Bonchev–Trinajstić information content (AvgIpc) is 3.89. The summed E-state index contributed by atoms with van der Waals surface area (Å²) in [4.78, 5) is 0. The number of fused-ring (bicyclic) bond motifs is 2. The summed E-state index contributed by atoms with van der Waals surface area (Å²) in [5.41, 5.74) is 0.916. The Labute approximate surface area is 289 Å². The highest BCUT2D eigenvalue weighted by atomic mass is 31.2. The van der Waals surface area contributed by atoms with E-state index in [9.17, 15) is 0 Å². The topological polar surface area (TPSA) is 89.5 Å². The number of hydrogen-bond donors (Lipinski definition) is 0. The first-order valence-electron chi connectivity index (χ1n) is 16.0. The maximum absolute atomic E-state index is 16.1. The third kappa shape index (κ3) is 4.90. The molecule has 0 N–H and O–H groups in total. The molecule has 2 heterocycles. The SMILES string of the molecule is COc1cc(P(=O)(c2ccccc2)c2ccccc2)c(-c2cc(P(=O)(c3ccccc3)c3ccccc3)c(OC)c3c2OCO3)c2c1OCO2. The predicted octanol–water partition coefficient (Wildman–Crippen LogP) is 6.11. The summed E-state index contributed by atoms with van der Waals surface area (Å²) >= 11 is 0. The van der Waals surface area contributed by atoms with Gasteiger partial charge >= 0.3 is 0 Å². The molecule has 6 aromatic rings. The molecule has 0 aliphatic carbocycles. The van der Waals surface area contributed by atoms with Gasteiger partial charge in [-0.1, -0.05) is 121 Å². The number of methoxy groups -OCH3 is 2. The van der Waals surface area contributed by atoms with Crippen molar-refractivity contribution in [2.75, 3.05) is 27.8 Å². The van der Waals surface area contributed by atoms with Crippen molar-refractivity contribution >= 4 is 46.1 Å². The van der Waals surface area contributed by atoms with Crippen molar-refractivity contribution in [2.24, 2.45) is 0 Å². The molecule has 6 aromatic carbocycles. The van der Waals surface area contributed by atoms with E-state index in [1.165, 1.54) is 14.2 Å². The minimum absolute atomic E-state index is 0.0851. The van der Waals surface area contributed by atoms with Gasteiger partial charge in [0.25, 0.3) is 0 Å². The van der Waals surface area contributed by atoms with Crippen LogP contribution >= 0.6 is 14.3 Å². The van der Waals surface area contributed by atoms with Crippen molar-refractivity contribution in [3.8, 4) is 45.6 Å². The molecular formula is C40H32O8P2. The molecule has 0 aromatic heterocycles. The lowest BCUT2D eigenvalue weighted by molar-refractivity contribution is 0.170. The zero-order valence-electron chi connectivity index (χ0n) is 27.3. The third-order valence-electron chi connectivity index (χ3n) is 9.02. The second-order valence-corrected chi connectivity index (χ2v) is 17.1. The van der Waals surface area contributed by atoms with Gasteiger partial charge in [0, 0.05) is 37.6 Å². The molecule has 0 bridgehead atoms. The lowest BCUT2D eigenvalue weighted by atomic mass is 10.0. The molecule has 2 aliphatic rings. The molecule has 0 atom stereocenters. The Kier molecular flexibility index (Phi) is 8.14. The first-order valence-corrected chi connectivity index (χ1v) is 19.4. The normalized spacial score (nSPS) is 13.2. The van der Waals surface area contributed by atoms with E-state index in [4.69, 9.17) is 28.4 Å². The van der Waals surface area contributed by atoms with Gasteiger partial charge in [-0.15, -0.1) is 0 Å². The molecule has 0 radical (unpaired) electrons. The summed E-state index contributed by atoms with van der Waals surface area (Å²) in [5.74, 6) is 1.97. The Hall–Kier alpha value is -5.42. The first-order chi connectivity index (χ1) is 24.5. The van der Waals surface area contributed by atoms with Crippen LogP contribution in [0.1, 0.15) is 0 Å². The standard InChI is InChI=1S/C40H32O8P2/c1-43-32-24-33(49(41,27-15-7-3-8-16-27)28-17-9-4-10-18-28)35(39-37(32)46-26-47-39)31-23-34(38(44-2)40-36(31)45-25-48-40)50(42,29-19-11-5-12-20-29)30-21-13-6-14-22-30/h3-24H,25-26H2,1-2H3. The molecule has 0 saturated carbocycles. The lowest BCUT2D eigenvalue weighted by Gasteiger charge is -2.27. The quantitative estimate of drug-likeness (QED) is 0.167. The Morgan fingerprint density at radius 3 is 1.36 bits per heavy atom. The van der Waals surface area contributed by atoms with Gasteiger partial charge in [0.15, 0.2) is 37.3 Å². The second kappa shape index (κ2) is 12.8. The maximum atomic E-state index is 16.1. The van der Waals surface area contributed by atoms with Gasteiger partial charge in [-0.2, -0.15) is 0 Å². The Bertz CT molecular complexity index is 2210. The van der Waals surface area contributed by atoms with Crippen molar-refractivity contribution in [1.82, 2.24) is 0 Å². The van der Waals surface area contributed by atoms with Crippen molar-refractivity contribution < 1.29 is 37.6 Å². The van der Waals surface area contributed by atoms with Gasteiger partial charge in [-0.3, -0.25) is 0 Å². The lowest BCUT2D eigenvalue weighted by Crippen LogP contribution is -2.28. The number of hydrogen-bond acceptors (Lipinski definition) is 8. The second-order valence-electron chi connectivity index (χ2n) is 11.6. The molecule has 0 fully saturated rings. The minimum atomic E-state index is -3.68. The van der Waals surface area contributed by atoms with Gasteiger partial charge in [0.05, 0.1) is 19.5 Å². The predicted molar refractivity (Wildman–Crippen MR) is 196 cm³/mol. The zero-order valence-corrected chi connectivity index (χ0v) is 29.1. The van der Waals surface area contributed by atoms with Crippen LogP contribution < -0.4 is 60.2 Å². The van der Waals surface area contributed by atoms with Crippen molar-refractivity contribution in [3.63, 3.8) is 0 Å². The zero-order chi connectivity index (χ0) is 34.3. The van der Waals surface area contributed by atoms with Crippen LogP contribution in [0.2, 0.25) is 0 Å². The molecule has 0 unspecified atom stereocenters. The highest BCUT2D eigenvalue weighted by Crippen LogP contribution is 2.59. The van der Waals surface area contributed by atoms with Crippen LogP contribution in [-0.4, -0.2) is 27.8 Å². The first kappa shape index (κ1) is 31.8. The van der Waals surface area contributed by atoms with Gasteiger partial charge in [-0.05, 0) is 12.1 Å². The Morgan fingerprint density at radius 1 is 0.480 bits per heavy atom. The fourth-order valence-electron chi connectivity index (χ4n) is 6.74. The van der Waals surface area contributed by atoms with E-state index in [1.54, 1.807) is 12.1 Å². The van der Waals surface area contributed by atoms with Crippen molar-refractivity contribution in [1.29, 1.82) is 0 Å². The summed E-state index contributed by atoms with van der Waals surface area (Å²) in [7, 11) is -4.27. The summed E-state index contributed by atoms with van der Waals surface area (Å²) in [5, 5.41) is 3.24. The highest BCUT2D eigenvalue weighted by molar-refractivity contribution is 7.86. The van der Waals surface area contributed by atoms with Gasteiger partial charge < -0.3 is 37.6 Å². The summed E-state index contributed by atoms with van der Waals surface area (Å²) in [6.45, 7) is -0.193. The van der Waals surface area contributed by atoms with E-state index in [2.05, 4.69) is 0 Å². The molecule has 2 aliphatic heterocycles. The fourth-order valence-corrected chi connectivity index (χ4v) is 12.4. The molecular weight excluding hydrogens is 670 g/mol. The van der Waals surface area contributed by atoms with E-state index in [0.717, 1.165) is 0 Å². The van der Waals surface area contributed by atoms with Crippen molar-refractivity contribution in [3.05, 3.63) is 133 Å². The smallest absolute Gasteiger partial charge is 0.231 e. The fraction of sp³-hybridized carbons (Fsp3) is 0.100. The molecule has 0 saturated heterocycles. The van der Waals surface area contributed by atoms with E-state index < -0.39 is 14.3 Å². The third-order valence-corrected chi connectivity index (χ3v) is 15.2. The molecule has 50 heavy (non-hydrogen) atoms. The molecule has 10 heteroatoms. The van der Waals surface area contributed by atoms with E-state index in [1.807, 2.05) is 121 Å². The Balaban J connectivity index is 1.53. The van der Waals surface area contributed by atoms with Crippen molar-refractivity contribution in [2.45, 2.75) is 0 Å². The van der Waals surface area contributed by atoms with Gasteiger partial charge in [-0.25, -0.2) is 0 Å². The number of benzene rings is 6. The van der Waals surface area contributed by atoms with E-state index in [0.29, 0.717) is 66.0 Å². The number of rotatable bonds is 9. The van der Waals surface area contributed by atoms with Crippen LogP contribution in [0, 0.1) is 0 Å². The van der Waals surface area contributed by atoms with Crippen LogP contribution in [0.25, 0.3) is 11.1 Å². The Morgan fingerprint density at radius 2 is 0.900 bits per heavy atom. The summed E-state index contributed by atoms with van der Waals surface area (Å²) in [6, 6.07) is 40.9. The molecule has 0 amide bonds. The van der Waals surface area contributed by atoms with E-state index in [-0.39, 0.29) is 25.1 Å².